The summed E-state index contributed by atoms with van der Waals surface area (Å²) in [4.78, 5) is 2.39. The van der Waals surface area contributed by atoms with Crippen LogP contribution in [-0.2, 0) is 6.54 Å². The summed E-state index contributed by atoms with van der Waals surface area (Å²) >= 11 is 0. The zero-order chi connectivity index (χ0) is 10.7. The Bertz CT molecular complexity index is 312. The summed E-state index contributed by atoms with van der Waals surface area (Å²) < 4.78 is 10.7. The van der Waals surface area contributed by atoms with E-state index >= 15 is 0 Å². The van der Waals surface area contributed by atoms with Gasteiger partial charge in [0.05, 0.1) is 19.8 Å². The third-order valence-corrected chi connectivity index (χ3v) is 2.86. The Hall–Kier alpha value is -1.22. The van der Waals surface area contributed by atoms with Gasteiger partial charge in [0, 0.05) is 6.54 Å². The Kier molecular flexibility index (Phi) is 3.11. The van der Waals surface area contributed by atoms with Crippen LogP contribution in [0.5, 0.6) is 11.5 Å². The molecule has 0 atom stereocenters. The summed E-state index contributed by atoms with van der Waals surface area (Å²) in [6, 6.07) is 5.92. The molecule has 1 aromatic rings. The Morgan fingerprint density at radius 3 is 2.13 bits per heavy atom. The van der Waals surface area contributed by atoms with Crippen LogP contribution in [0.3, 0.4) is 0 Å². The van der Waals surface area contributed by atoms with Crippen LogP contribution in [0.25, 0.3) is 0 Å². The lowest BCUT2D eigenvalue weighted by atomic mass is 10.1. The second kappa shape index (κ2) is 4.53. The smallest absolute Gasteiger partial charge is 0.127 e. The summed E-state index contributed by atoms with van der Waals surface area (Å²) in [5.74, 6) is 1.84. The van der Waals surface area contributed by atoms with E-state index in [0.29, 0.717) is 0 Å². The van der Waals surface area contributed by atoms with Crippen LogP contribution in [0.2, 0.25) is 0 Å². The number of ether oxygens (including phenoxy) is 2. The van der Waals surface area contributed by atoms with Crippen molar-refractivity contribution in [3.05, 3.63) is 23.8 Å². The molecule has 0 unspecified atom stereocenters. The number of rotatable bonds is 4. The molecule has 0 amide bonds. The topological polar surface area (TPSA) is 21.7 Å². The van der Waals surface area contributed by atoms with Crippen LogP contribution in [0, 0.1) is 0 Å². The highest BCUT2D eigenvalue weighted by atomic mass is 16.5. The number of likely N-dealkylation sites (tertiary alicyclic amines) is 1. The Morgan fingerprint density at radius 2 is 1.73 bits per heavy atom. The van der Waals surface area contributed by atoms with E-state index in [0.717, 1.165) is 23.6 Å². The summed E-state index contributed by atoms with van der Waals surface area (Å²) in [5.41, 5.74) is 1.15. The second-order valence-electron chi connectivity index (χ2n) is 3.77. The predicted molar refractivity (Wildman–Crippen MR) is 59.4 cm³/mol. The van der Waals surface area contributed by atoms with E-state index in [1.165, 1.54) is 19.5 Å². The average Bonchev–Trinajstić information content (AvgIpc) is 2.23. The molecule has 0 N–H and O–H groups in total. The normalized spacial score (nSPS) is 15.9. The Labute approximate surface area is 90.6 Å². The summed E-state index contributed by atoms with van der Waals surface area (Å²) in [6.07, 6.45) is 1.30. The molecule has 0 aromatic heterocycles. The molecule has 1 aliphatic heterocycles. The molecule has 1 fully saturated rings. The van der Waals surface area contributed by atoms with Gasteiger partial charge < -0.3 is 9.47 Å². The highest BCUT2D eigenvalue weighted by Gasteiger charge is 2.18. The number of hydrogen-bond donors (Lipinski definition) is 0. The quantitative estimate of drug-likeness (QED) is 0.752. The van der Waals surface area contributed by atoms with Crippen molar-refractivity contribution in [2.45, 2.75) is 13.0 Å². The van der Waals surface area contributed by atoms with Crippen molar-refractivity contribution in [3.63, 3.8) is 0 Å². The van der Waals surface area contributed by atoms with Crippen molar-refractivity contribution in [3.8, 4) is 11.5 Å². The fourth-order valence-electron chi connectivity index (χ4n) is 1.85. The van der Waals surface area contributed by atoms with Gasteiger partial charge in [-0.05, 0) is 31.6 Å². The molecule has 0 radical (unpaired) electrons. The third kappa shape index (κ3) is 2.07. The molecule has 15 heavy (non-hydrogen) atoms. The fraction of sp³-hybridized carbons (Fsp3) is 0.500. The zero-order valence-electron chi connectivity index (χ0n) is 9.32. The fourth-order valence-corrected chi connectivity index (χ4v) is 1.85. The van der Waals surface area contributed by atoms with Crippen LogP contribution < -0.4 is 9.47 Å². The Morgan fingerprint density at radius 1 is 1.13 bits per heavy atom. The van der Waals surface area contributed by atoms with Gasteiger partial charge in [-0.15, -0.1) is 0 Å². The molecule has 2 rings (SSSR count). The summed E-state index contributed by atoms with van der Waals surface area (Å²) in [5, 5.41) is 0. The summed E-state index contributed by atoms with van der Waals surface area (Å²) in [6.45, 7) is 3.29. The van der Waals surface area contributed by atoms with Crippen molar-refractivity contribution in [2.24, 2.45) is 0 Å². The molecule has 82 valence electrons. The lowest BCUT2D eigenvalue weighted by Crippen LogP contribution is -2.36. The van der Waals surface area contributed by atoms with Gasteiger partial charge >= 0.3 is 0 Å². The van der Waals surface area contributed by atoms with Gasteiger partial charge in [0.15, 0.2) is 0 Å². The minimum Gasteiger partial charge on any atom is -0.496 e. The van der Waals surface area contributed by atoms with Crippen LogP contribution >= 0.6 is 0 Å². The summed E-state index contributed by atoms with van der Waals surface area (Å²) in [7, 11) is 3.41. The van der Waals surface area contributed by atoms with Crippen LogP contribution in [-0.4, -0.2) is 32.2 Å². The minimum atomic E-state index is 0.918. The second-order valence-corrected chi connectivity index (χ2v) is 3.77. The van der Waals surface area contributed by atoms with Gasteiger partial charge in [0.25, 0.3) is 0 Å². The van der Waals surface area contributed by atoms with Crippen molar-refractivity contribution in [2.75, 3.05) is 27.3 Å². The van der Waals surface area contributed by atoms with Gasteiger partial charge in [0.2, 0.25) is 0 Å². The van der Waals surface area contributed by atoms with Gasteiger partial charge in [-0.2, -0.15) is 0 Å². The average molecular weight is 207 g/mol. The first kappa shape index (κ1) is 10.3. The molecular formula is C12H17NO2. The molecule has 0 saturated carbocycles. The maximum Gasteiger partial charge on any atom is 0.127 e. The van der Waals surface area contributed by atoms with E-state index in [1.807, 2.05) is 18.2 Å². The first-order valence-corrected chi connectivity index (χ1v) is 5.27. The number of nitrogens with zero attached hydrogens (tertiary/aromatic N) is 1. The van der Waals surface area contributed by atoms with E-state index < -0.39 is 0 Å². The van der Waals surface area contributed by atoms with Crippen molar-refractivity contribution in [1.29, 1.82) is 0 Å². The molecular weight excluding hydrogens is 190 g/mol. The Balaban J connectivity index is 2.23. The van der Waals surface area contributed by atoms with Crippen molar-refractivity contribution in [1.82, 2.24) is 4.90 Å². The number of hydrogen-bond acceptors (Lipinski definition) is 3. The first-order chi connectivity index (χ1) is 7.35. The van der Waals surface area contributed by atoms with E-state index in [1.54, 1.807) is 14.2 Å². The van der Waals surface area contributed by atoms with Gasteiger partial charge in [-0.25, -0.2) is 0 Å². The molecule has 0 bridgehead atoms. The van der Waals surface area contributed by atoms with Gasteiger partial charge in [-0.1, -0.05) is 6.07 Å². The lowest BCUT2D eigenvalue weighted by molar-refractivity contribution is 0.168. The monoisotopic (exact) mass is 207 g/mol. The van der Waals surface area contributed by atoms with E-state index in [9.17, 15) is 0 Å². The lowest BCUT2D eigenvalue weighted by Gasteiger charge is -2.31. The maximum atomic E-state index is 5.35. The van der Waals surface area contributed by atoms with Crippen LogP contribution in [0.1, 0.15) is 12.0 Å². The SMILES string of the molecule is COc1cccc(OC)c1CN1CCC1. The van der Waals surface area contributed by atoms with Crippen LogP contribution in [0.15, 0.2) is 18.2 Å². The number of benzene rings is 1. The van der Waals surface area contributed by atoms with E-state index in [2.05, 4.69) is 4.90 Å². The highest BCUT2D eigenvalue weighted by molar-refractivity contribution is 5.44. The molecule has 3 heteroatoms. The molecule has 3 nitrogen and oxygen atoms in total. The van der Waals surface area contributed by atoms with Crippen LogP contribution in [0.4, 0.5) is 0 Å². The van der Waals surface area contributed by atoms with Gasteiger partial charge in [0.1, 0.15) is 11.5 Å². The first-order valence-electron chi connectivity index (χ1n) is 5.27. The molecule has 1 heterocycles. The third-order valence-electron chi connectivity index (χ3n) is 2.86. The van der Waals surface area contributed by atoms with Crippen molar-refractivity contribution < 1.29 is 9.47 Å². The number of methoxy groups -OCH3 is 2. The largest absolute Gasteiger partial charge is 0.496 e. The molecule has 1 aliphatic rings. The molecule has 1 saturated heterocycles. The molecule has 0 spiro atoms. The standard InChI is InChI=1S/C12H17NO2/c1-14-11-5-3-6-12(15-2)10(11)9-13-7-4-8-13/h3,5-6H,4,7-9H2,1-2H3. The zero-order valence-corrected chi connectivity index (χ0v) is 9.32. The van der Waals surface area contributed by atoms with E-state index in [-0.39, 0.29) is 0 Å². The van der Waals surface area contributed by atoms with Crippen molar-refractivity contribution >= 4 is 0 Å². The highest BCUT2D eigenvalue weighted by Crippen LogP contribution is 2.30. The predicted octanol–water partition coefficient (Wildman–Crippen LogP) is 1.91. The molecule has 1 aromatic carbocycles. The molecule has 0 aliphatic carbocycles. The van der Waals surface area contributed by atoms with E-state index in [4.69, 9.17) is 9.47 Å². The minimum absolute atomic E-state index is 0.918. The maximum absolute atomic E-state index is 5.35. The van der Waals surface area contributed by atoms with Gasteiger partial charge in [-0.3, -0.25) is 4.90 Å².